The molecule has 0 atom stereocenters. The molecule has 0 amide bonds. The van der Waals surface area contributed by atoms with Crippen LogP contribution in [0.4, 0.5) is 0 Å². The molecule has 0 aliphatic carbocycles. The lowest BCUT2D eigenvalue weighted by molar-refractivity contribution is 0.143. The van der Waals surface area contributed by atoms with Crippen LogP contribution < -0.4 is 0 Å². The molecule has 0 heterocycles. The Hall–Kier alpha value is -2.64. The van der Waals surface area contributed by atoms with Crippen LogP contribution in [0.25, 0.3) is 12.2 Å². The second-order valence-corrected chi connectivity index (χ2v) is 5.59. The van der Waals surface area contributed by atoms with Gasteiger partial charge in [0.2, 0.25) is 0 Å². The van der Waals surface area contributed by atoms with Gasteiger partial charge in [-0.05, 0) is 24.0 Å². The third kappa shape index (κ3) is 9.29. The largest absolute Gasteiger partial charge is 0.381 e. The Morgan fingerprint density at radius 2 is 1.00 bits per heavy atom. The van der Waals surface area contributed by atoms with E-state index in [9.17, 15) is 0 Å². The van der Waals surface area contributed by atoms with Crippen molar-refractivity contribution in [1.29, 1.82) is 0 Å². The average Bonchev–Trinajstić information content (AvgIpc) is 2.67. The number of rotatable bonds is 10. The van der Waals surface area contributed by atoms with Gasteiger partial charge in [-0.25, -0.2) is 0 Å². The Kier molecular flexibility index (Phi) is 9.53. The summed E-state index contributed by atoms with van der Waals surface area (Å²) in [4.78, 5) is 0. The van der Waals surface area contributed by atoms with Gasteiger partial charge in [0.05, 0.1) is 13.2 Å². The van der Waals surface area contributed by atoms with Crippen molar-refractivity contribution in [2.75, 3.05) is 13.2 Å². The van der Waals surface area contributed by atoms with E-state index >= 15 is 0 Å². The van der Waals surface area contributed by atoms with Crippen LogP contribution in [0.1, 0.15) is 24.0 Å². The van der Waals surface area contributed by atoms with Gasteiger partial charge < -0.3 is 4.74 Å². The molecule has 0 saturated carbocycles. The first-order valence-corrected chi connectivity index (χ1v) is 8.79. The molecule has 128 valence electrons. The van der Waals surface area contributed by atoms with E-state index in [-0.39, 0.29) is 0 Å². The molecule has 2 aromatic carbocycles. The van der Waals surface area contributed by atoms with Gasteiger partial charge in [0.25, 0.3) is 0 Å². The SMILES string of the molecule is C(C=Cc1ccccc1)=CCCOCCC=CC=Cc1ccccc1. The summed E-state index contributed by atoms with van der Waals surface area (Å²) in [6.45, 7) is 1.53. The molecule has 0 unspecified atom stereocenters. The maximum Gasteiger partial charge on any atom is 0.0500 e. The lowest BCUT2D eigenvalue weighted by Crippen LogP contribution is -1.93. The van der Waals surface area contributed by atoms with Crippen molar-refractivity contribution in [3.05, 3.63) is 108 Å². The minimum Gasteiger partial charge on any atom is -0.381 e. The second kappa shape index (κ2) is 12.7. The summed E-state index contributed by atoms with van der Waals surface area (Å²) in [7, 11) is 0. The van der Waals surface area contributed by atoms with Crippen LogP contribution in [-0.2, 0) is 4.74 Å². The molecule has 0 N–H and O–H groups in total. The lowest BCUT2D eigenvalue weighted by atomic mass is 10.2. The Bertz CT molecular complexity index is 617. The van der Waals surface area contributed by atoms with Crippen molar-refractivity contribution in [2.45, 2.75) is 12.8 Å². The summed E-state index contributed by atoms with van der Waals surface area (Å²) < 4.78 is 5.61. The smallest absolute Gasteiger partial charge is 0.0500 e. The van der Waals surface area contributed by atoms with Crippen LogP contribution in [0.15, 0.2) is 97.1 Å². The first-order chi connectivity index (χ1) is 12.4. The van der Waals surface area contributed by atoms with Crippen molar-refractivity contribution in [2.24, 2.45) is 0 Å². The first-order valence-electron chi connectivity index (χ1n) is 8.79. The maximum absolute atomic E-state index is 5.61. The van der Waals surface area contributed by atoms with Gasteiger partial charge in [-0.2, -0.15) is 0 Å². The van der Waals surface area contributed by atoms with Crippen molar-refractivity contribution < 1.29 is 4.74 Å². The summed E-state index contributed by atoms with van der Waals surface area (Å²) in [6.07, 6.45) is 18.6. The Morgan fingerprint density at radius 1 is 0.560 bits per heavy atom. The van der Waals surface area contributed by atoms with Crippen molar-refractivity contribution in [3.63, 3.8) is 0 Å². The molecule has 1 heteroatoms. The van der Waals surface area contributed by atoms with Gasteiger partial charge in [-0.1, -0.05) is 109 Å². The second-order valence-electron chi connectivity index (χ2n) is 5.59. The zero-order chi connectivity index (χ0) is 17.4. The third-order valence-electron chi connectivity index (χ3n) is 3.53. The molecule has 0 radical (unpaired) electrons. The molecular weight excluding hydrogens is 304 g/mol. The molecule has 0 bridgehead atoms. The predicted molar refractivity (Wildman–Crippen MR) is 109 cm³/mol. The molecule has 1 nitrogen and oxygen atoms in total. The number of allylic oxidation sites excluding steroid dienone is 4. The van der Waals surface area contributed by atoms with Crippen molar-refractivity contribution in [1.82, 2.24) is 0 Å². The fraction of sp³-hybridized carbons (Fsp3) is 0.167. The van der Waals surface area contributed by atoms with E-state index in [1.54, 1.807) is 0 Å². The maximum atomic E-state index is 5.61. The molecule has 0 spiro atoms. The van der Waals surface area contributed by atoms with Crippen LogP contribution in [-0.4, -0.2) is 13.2 Å². The molecule has 2 rings (SSSR count). The first kappa shape index (κ1) is 18.7. The lowest BCUT2D eigenvalue weighted by Gasteiger charge is -1.98. The molecule has 0 fully saturated rings. The number of benzene rings is 2. The van der Waals surface area contributed by atoms with Crippen molar-refractivity contribution in [3.8, 4) is 0 Å². The molecule has 0 saturated heterocycles. The Balaban J connectivity index is 1.48. The highest BCUT2D eigenvalue weighted by Crippen LogP contribution is 2.02. The third-order valence-corrected chi connectivity index (χ3v) is 3.53. The summed E-state index contributed by atoms with van der Waals surface area (Å²) in [5.41, 5.74) is 2.44. The summed E-state index contributed by atoms with van der Waals surface area (Å²) >= 11 is 0. The Morgan fingerprint density at radius 3 is 1.44 bits per heavy atom. The quantitative estimate of drug-likeness (QED) is 0.366. The normalized spacial score (nSPS) is 12.2. The molecule has 25 heavy (non-hydrogen) atoms. The van der Waals surface area contributed by atoms with Gasteiger partial charge in [-0.3, -0.25) is 0 Å². The van der Waals surface area contributed by atoms with Crippen LogP contribution in [0.3, 0.4) is 0 Å². The standard InChI is InChI=1S/C24H26O/c1(7-15-23-17-9-5-10-18-23)3-13-21-25-22-14-4-2-8-16-24-19-11-6-12-20-24/h1-12,15-20H,13-14,21-22H2. The van der Waals surface area contributed by atoms with E-state index in [2.05, 4.69) is 72.9 Å². The van der Waals surface area contributed by atoms with E-state index in [0.717, 1.165) is 26.1 Å². The molecule has 0 aromatic heterocycles. The molecule has 0 aliphatic rings. The monoisotopic (exact) mass is 330 g/mol. The van der Waals surface area contributed by atoms with Gasteiger partial charge in [0.1, 0.15) is 0 Å². The van der Waals surface area contributed by atoms with Gasteiger partial charge in [0.15, 0.2) is 0 Å². The predicted octanol–water partition coefficient (Wildman–Crippen LogP) is 6.32. The van der Waals surface area contributed by atoms with Gasteiger partial charge in [-0.15, -0.1) is 0 Å². The fourth-order valence-corrected chi connectivity index (χ4v) is 2.22. The zero-order valence-corrected chi connectivity index (χ0v) is 14.6. The fourth-order valence-electron chi connectivity index (χ4n) is 2.22. The zero-order valence-electron chi connectivity index (χ0n) is 14.6. The van der Waals surface area contributed by atoms with E-state index in [0.29, 0.717) is 0 Å². The van der Waals surface area contributed by atoms with Crippen LogP contribution in [0, 0.1) is 0 Å². The highest BCUT2D eigenvalue weighted by molar-refractivity contribution is 5.51. The topological polar surface area (TPSA) is 9.23 Å². The summed E-state index contributed by atoms with van der Waals surface area (Å²) in [5.74, 6) is 0. The number of hydrogen-bond acceptors (Lipinski definition) is 1. The highest BCUT2D eigenvalue weighted by atomic mass is 16.5. The number of ether oxygens (including phenoxy) is 1. The number of hydrogen-bond donors (Lipinski definition) is 0. The summed E-state index contributed by atoms with van der Waals surface area (Å²) in [6, 6.07) is 20.6. The van der Waals surface area contributed by atoms with E-state index in [4.69, 9.17) is 4.74 Å². The van der Waals surface area contributed by atoms with E-state index in [1.165, 1.54) is 11.1 Å². The van der Waals surface area contributed by atoms with E-state index in [1.807, 2.05) is 36.4 Å². The minimum absolute atomic E-state index is 0.767. The van der Waals surface area contributed by atoms with E-state index < -0.39 is 0 Å². The van der Waals surface area contributed by atoms with Crippen LogP contribution >= 0.6 is 0 Å². The molecular formula is C24H26O. The molecule has 0 aliphatic heterocycles. The highest BCUT2D eigenvalue weighted by Gasteiger charge is 1.85. The van der Waals surface area contributed by atoms with Crippen LogP contribution in [0.5, 0.6) is 0 Å². The minimum atomic E-state index is 0.767. The van der Waals surface area contributed by atoms with Gasteiger partial charge >= 0.3 is 0 Å². The van der Waals surface area contributed by atoms with Crippen molar-refractivity contribution >= 4 is 12.2 Å². The summed E-state index contributed by atoms with van der Waals surface area (Å²) in [5, 5.41) is 0. The molecule has 2 aromatic rings. The Labute approximate surface area is 151 Å². The van der Waals surface area contributed by atoms with Gasteiger partial charge in [0, 0.05) is 0 Å². The van der Waals surface area contributed by atoms with Crippen LogP contribution in [0.2, 0.25) is 0 Å². The average molecular weight is 330 g/mol.